The van der Waals surface area contributed by atoms with Crippen molar-refractivity contribution in [2.24, 2.45) is 0 Å². The van der Waals surface area contributed by atoms with Crippen LogP contribution in [-0.4, -0.2) is 18.0 Å². The molecule has 0 spiro atoms. The van der Waals surface area contributed by atoms with E-state index in [-0.39, 0.29) is 5.91 Å². The molecule has 1 aliphatic heterocycles. The van der Waals surface area contributed by atoms with Gasteiger partial charge in [0.05, 0.1) is 7.11 Å². The highest BCUT2D eigenvalue weighted by Gasteiger charge is 2.18. The van der Waals surface area contributed by atoms with E-state index >= 15 is 0 Å². The molecule has 1 aliphatic rings. The lowest BCUT2D eigenvalue weighted by molar-refractivity contribution is 0.0950. The Bertz CT molecular complexity index is 969. The Balaban J connectivity index is 1.51. The fourth-order valence-corrected chi connectivity index (χ4v) is 3.03. The van der Waals surface area contributed by atoms with E-state index in [1.807, 2.05) is 48.7 Å². The van der Waals surface area contributed by atoms with Crippen molar-refractivity contribution in [2.45, 2.75) is 13.2 Å². The summed E-state index contributed by atoms with van der Waals surface area (Å²) >= 11 is 0. The number of carbonyl (C=O) groups excluding carboxylic acids is 1. The number of rotatable bonds is 4. The van der Waals surface area contributed by atoms with Gasteiger partial charge in [-0.15, -0.1) is 0 Å². The minimum atomic E-state index is -0.139. The van der Waals surface area contributed by atoms with Crippen LogP contribution in [0.5, 0.6) is 11.5 Å². The first-order valence-electron chi connectivity index (χ1n) is 8.36. The predicted molar refractivity (Wildman–Crippen MR) is 98.2 cm³/mol. The lowest BCUT2D eigenvalue weighted by Gasteiger charge is -2.20. The van der Waals surface area contributed by atoms with Crippen LogP contribution < -0.4 is 14.8 Å². The number of nitrogens with one attached hydrogen (secondary N) is 1. The maximum absolute atomic E-state index is 12.5. The zero-order chi connectivity index (χ0) is 17.9. The largest absolute Gasteiger partial charge is 0.497 e. The Hall–Kier alpha value is -3.34. The molecule has 2 aromatic carbocycles. The van der Waals surface area contributed by atoms with Gasteiger partial charge < -0.3 is 14.8 Å². The molecule has 4 rings (SSSR count). The van der Waals surface area contributed by atoms with Gasteiger partial charge in [0.25, 0.3) is 5.91 Å². The molecule has 0 fully saturated rings. The smallest absolute Gasteiger partial charge is 0.251 e. The molecule has 2 heterocycles. The van der Waals surface area contributed by atoms with Crippen LogP contribution in [0.15, 0.2) is 60.9 Å². The van der Waals surface area contributed by atoms with Gasteiger partial charge in [0, 0.05) is 35.6 Å². The lowest BCUT2D eigenvalue weighted by atomic mass is 9.97. The van der Waals surface area contributed by atoms with Crippen LogP contribution in [0.4, 0.5) is 0 Å². The summed E-state index contributed by atoms with van der Waals surface area (Å²) in [7, 11) is 1.62. The molecule has 5 heteroatoms. The maximum Gasteiger partial charge on any atom is 0.251 e. The molecule has 5 nitrogen and oxygen atoms in total. The fraction of sp³-hybridized carbons (Fsp3) is 0.143. The summed E-state index contributed by atoms with van der Waals surface area (Å²) in [5.41, 5.74) is 4.69. The average molecular weight is 346 g/mol. The number of pyridine rings is 1. The molecule has 0 saturated carbocycles. The number of nitrogens with zero attached hydrogens (tertiary/aromatic N) is 1. The molecule has 1 aromatic heterocycles. The third-order valence-corrected chi connectivity index (χ3v) is 4.41. The number of hydrogen-bond donors (Lipinski definition) is 1. The predicted octanol–water partition coefficient (Wildman–Crippen LogP) is 3.58. The average Bonchev–Trinajstić information content (AvgIpc) is 2.71. The topological polar surface area (TPSA) is 60.5 Å². The van der Waals surface area contributed by atoms with Gasteiger partial charge in [0.15, 0.2) is 0 Å². The molecule has 0 aliphatic carbocycles. The second-order valence-corrected chi connectivity index (χ2v) is 6.07. The maximum atomic E-state index is 12.5. The van der Waals surface area contributed by atoms with Crippen molar-refractivity contribution in [1.82, 2.24) is 10.3 Å². The highest BCUT2D eigenvalue weighted by Crippen LogP contribution is 2.37. The molecule has 0 saturated heterocycles. The SMILES string of the molecule is COc1cccc(CNC(=O)c2ccc3c(c2)OCc2cnccc2-3)c1. The molecule has 1 amide bonds. The van der Waals surface area contributed by atoms with E-state index in [2.05, 4.69) is 10.3 Å². The van der Waals surface area contributed by atoms with Gasteiger partial charge in [-0.05, 0) is 47.5 Å². The zero-order valence-corrected chi connectivity index (χ0v) is 14.4. The third-order valence-electron chi connectivity index (χ3n) is 4.41. The first-order chi connectivity index (χ1) is 12.7. The van der Waals surface area contributed by atoms with Crippen LogP contribution in [0.25, 0.3) is 11.1 Å². The van der Waals surface area contributed by atoms with Crippen molar-refractivity contribution in [3.05, 3.63) is 77.6 Å². The number of aromatic nitrogens is 1. The van der Waals surface area contributed by atoms with Crippen LogP contribution in [0, 0.1) is 0 Å². The van der Waals surface area contributed by atoms with Crippen LogP contribution >= 0.6 is 0 Å². The van der Waals surface area contributed by atoms with Crippen molar-refractivity contribution in [2.75, 3.05) is 7.11 Å². The van der Waals surface area contributed by atoms with E-state index in [1.54, 1.807) is 19.4 Å². The summed E-state index contributed by atoms with van der Waals surface area (Å²) in [5.74, 6) is 1.35. The molecule has 1 N–H and O–H groups in total. The Kier molecular flexibility index (Phi) is 4.27. The summed E-state index contributed by atoms with van der Waals surface area (Å²) < 4.78 is 11.0. The van der Waals surface area contributed by atoms with E-state index in [0.29, 0.717) is 18.7 Å². The summed E-state index contributed by atoms with van der Waals surface area (Å²) in [6.45, 7) is 0.896. The Labute approximate surface area is 151 Å². The lowest BCUT2D eigenvalue weighted by Crippen LogP contribution is -2.23. The van der Waals surface area contributed by atoms with Gasteiger partial charge in [-0.25, -0.2) is 0 Å². The number of ether oxygens (including phenoxy) is 2. The molecule has 0 atom stereocenters. The Morgan fingerprint density at radius 1 is 1.19 bits per heavy atom. The first-order valence-corrected chi connectivity index (χ1v) is 8.36. The molecule has 3 aromatic rings. The summed E-state index contributed by atoms with van der Waals surface area (Å²) in [4.78, 5) is 16.6. The van der Waals surface area contributed by atoms with Gasteiger partial charge >= 0.3 is 0 Å². The summed E-state index contributed by atoms with van der Waals surface area (Å²) in [6, 6.07) is 15.1. The molecular formula is C21H18N2O3. The summed E-state index contributed by atoms with van der Waals surface area (Å²) in [5, 5.41) is 2.93. The molecule has 130 valence electrons. The van der Waals surface area contributed by atoms with E-state index in [1.165, 1.54) is 0 Å². The Morgan fingerprint density at radius 3 is 3.00 bits per heavy atom. The van der Waals surface area contributed by atoms with E-state index in [9.17, 15) is 4.79 Å². The van der Waals surface area contributed by atoms with Gasteiger partial charge in [-0.3, -0.25) is 9.78 Å². The van der Waals surface area contributed by atoms with Crippen molar-refractivity contribution in [3.63, 3.8) is 0 Å². The van der Waals surface area contributed by atoms with Crippen LogP contribution in [0.2, 0.25) is 0 Å². The number of amides is 1. The third kappa shape index (κ3) is 3.11. The van der Waals surface area contributed by atoms with Crippen molar-refractivity contribution in [1.29, 1.82) is 0 Å². The van der Waals surface area contributed by atoms with Crippen LogP contribution in [0.1, 0.15) is 21.5 Å². The molecule has 0 unspecified atom stereocenters. The van der Waals surface area contributed by atoms with E-state index < -0.39 is 0 Å². The molecule has 0 bridgehead atoms. The zero-order valence-electron chi connectivity index (χ0n) is 14.4. The van der Waals surface area contributed by atoms with Gasteiger partial charge in [0.1, 0.15) is 18.1 Å². The van der Waals surface area contributed by atoms with Crippen LogP contribution in [0.3, 0.4) is 0 Å². The highest BCUT2D eigenvalue weighted by molar-refractivity contribution is 5.95. The highest BCUT2D eigenvalue weighted by atomic mass is 16.5. The molecule has 0 radical (unpaired) electrons. The van der Waals surface area contributed by atoms with E-state index in [4.69, 9.17) is 9.47 Å². The number of fused-ring (bicyclic) bond motifs is 3. The van der Waals surface area contributed by atoms with Crippen molar-refractivity contribution >= 4 is 5.91 Å². The molecule has 26 heavy (non-hydrogen) atoms. The van der Waals surface area contributed by atoms with Crippen molar-refractivity contribution in [3.8, 4) is 22.6 Å². The second-order valence-electron chi connectivity index (χ2n) is 6.07. The number of hydrogen-bond acceptors (Lipinski definition) is 4. The minimum absolute atomic E-state index is 0.139. The summed E-state index contributed by atoms with van der Waals surface area (Å²) in [6.07, 6.45) is 3.58. The minimum Gasteiger partial charge on any atom is -0.497 e. The van der Waals surface area contributed by atoms with Gasteiger partial charge in [-0.1, -0.05) is 12.1 Å². The first kappa shape index (κ1) is 16.1. The Morgan fingerprint density at radius 2 is 2.12 bits per heavy atom. The van der Waals surface area contributed by atoms with Gasteiger partial charge in [-0.2, -0.15) is 0 Å². The number of carbonyl (C=O) groups is 1. The number of methoxy groups -OCH3 is 1. The second kappa shape index (κ2) is 6.88. The van der Waals surface area contributed by atoms with Gasteiger partial charge in [0.2, 0.25) is 0 Å². The standard InChI is InChI=1S/C21H18N2O3/c1-25-17-4-2-3-14(9-17)11-23-21(24)15-5-6-19-18-7-8-22-12-16(18)13-26-20(19)10-15/h2-10,12H,11,13H2,1H3,(H,23,24). The normalized spacial score (nSPS) is 11.7. The fourth-order valence-electron chi connectivity index (χ4n) is 3.03. The van der Waals surface area contributed by atoms with Crippen LogP contribution in [-0.2, 0) is 13.2 Å². The monoisotopic (exact) mass is 346 g/mol. The van der Waals surface area contributed by atoms with Crippen molar-refractivity contribution < 1.29 is 14.3 Å². The van der Waals surface area contributed by atoms with E-state index in [0.717, 1.165) is 33.8 Å². The number of benzene rings is 2. The quantitative estimate of drug-likeness (QED) is 0.784. The molecular weight excluding hydrogens is 328 g/mol.